The van der Waals surface area contributed by atoms with Gasteiger partial charge in [0.2, 0.25) is 5.91 Å². The molecule has 1 aromatic rings. The molecule has 2 heterocycles. The Bertz CT molecular complexity index is 708. The second kappa shape index (κ2) is 7.48. The molecule has 1 aliphatic carbocycles. The Hall–Kier alpha value is -2.37. The van der Waals surface area contributed by atoms with Crippen LogP contribution in [0.25, 0.3) is 0 Å². The normalized spacial score (nSPS) is 26.9. The van der Waals surface area contributed by atoms with Gasteiger partial charge in [-0.15, -0.1) is 0 Å². The Morgan fingerprint density at radius 1 is 1.31 bits per heavy atom. The number of alkyl carbamates (subject to hydrolysis) is 1. The lowest BCUT2D eigenvalue weighted by molar-refractivity contribution is -0.122. The maximum atomic E-state index is 12.2. The van der Waals surface area contributed by atoms with Crippen LogP contribution in [0.2, 0.25) is 0 Å². The Morgan fingerprint density at radius 2 is 2.12 bits per heavy atom. The molecule has 3 rings (SSSR count). The lowest BCUT2D eigenvalue weighted by atomic mass is 10.0. The number of fused-ring (bicyclic) bond motifs is 4. The van der Waals surface area contributed by atoms with Crippen molar-refractivity contribution in [3.8, 4) is 0 Å². The summed E-state index contributed by atoms with van der Waals surface area (Å²) in [6, 6.07) is 3.70. The van der Waals surface area contributed by atoms with Crippen LogP contribution >= 0.6 is 0 Å². The highest BCUT2D eigenvalue weighted by Crippen LogP contribution is 2.47. The van der Waals surface area contributed by atoms with Crippen LogP contribution in [0.5, 0.6) is 0 Å². The van der Waals surface area contributed by atoms with Crippen molar-refractivity contribution >= 4 is 12.0 Å². The summed E-state index contributed by atoms with van der Waals surface area (Å²) in [5.41, 5.74) is 1.35. The van der Waals surface area contributed by atoms with Gasteiger partial charge in [-0.3, -0.25) is 9.78 Å². The SMILES string of the molecule is CC(C)(C)OC(=O)N[C@H]1C/C=C\CCNC(=O)[C@H]2C[C@H]2c2ccnc1c2. The Labute approximate surface area is 154 Å². The van der Waals surface area contributed by atoms with Gasteiger partial charge in [0.05, 0.1) is 11.7 Å². The third kappa shape index (κ3) is 4.84. The number of nitrogens with zero attached hydrogens (tertiary/aromatic N) is 1. The molecule has 140 valence electrons. The Morgan fingerprint density at radius 3 is 2.88 bits per heavy atom. The Kier molecular flexibility index (Phi) is 5.30. The molecule has 1 aliphatic heterocycles. The summed E-state index contributed by atoms with van der Waals surface area (Å²) in [4.78, 5) is 28.9. The number of nitrogens with one attached hydrogen (secondary N) is 2. The summed E-state index contributed by atoms with van der Waals surface area (Å²) in [6.07, 6.45) is 7.61. The lowest BCUT2D eigenvalue weighted by Crippen LogP contribution is -2.35. The van der Waals surface area contributed by atoms with Crippen LogP contribution < -0.4 is 10.6 Å². The molecular formula is C20H27N3O3. The number of carbonyl (C=O) groups excluding carboxylic acids is 2. The number of hydrogen-bond donors (Lipinski definition) is 2. The van der Waals surface area contributed by atoms with Crippen molar-refractivity contribution < 1.29 is 14.3 Å². The van der Waals surface area contributed by atoms with E-state index in [1.54, 1.807) is 6.20 Å². The van der Waals surface area contributed by atoms with E-state index in [-0.39, 0.29) is 23.8 Å². The standard InChI is InChI=1S/C20H27N3O3/c1-20(2,3)26-19(25)23-16-7-5-4-6-9-22-18(24)15-12-14(15)13-8-10-21-17(16)11-13/h4-5,8,10-11,14-16H,6-7,9,12H2,1-3H3,(H,22,24)(H,23,25)/b5-4-/t14-,15-,16-/m0/s1. The van der Waals surface area contributed by atoms with Gasteiger partial charge in [-0.25, -0.2) is 4.79 Å². The third-order valence-electron chi connectivity index (χ3n) is 4.56. The minimum atomic E-state index is -0.550. The van der Waals surface area contributed by atoms with Gasteiger partial charge in [0.15, 0.2) is 0 Å². The van der Waals surface area contributed by atoms with Gasteiger partial charge < -0.3 is 15.4 Å². The number of pyridine rings is 1. The minimum Gasteiger partial charge on any atom is -0.444 e. The highest BCUT2D eigenvalue weighted by atomic mass is 16.6. The van der Waals surface area contributed by atoms with Crippen molar-refractivity contribution in [2.45, 2.75) is 57.6 Å². The largest absolute Gasteiger partial charge is 0.444 e. The average Bonchev–Trinajstić information content (AvgIpc) is 3.35. The first-order chi connectivity index (χ1) is 12.3. The highest BCUT2D eigenvalue weighted by molar-refractivity contribution is 5.82. The molecule has 1 aromatic heterocycles. The van der Waals surface area contributed by atoms with Crippen LogP contribution in [0.3, 0.4) is 0 Å². The molecule has 26 heavy (non-hydrogen) atoms. The van der Waals surface area contributed by atoms with Crippen molar-refractivity contribution in [1.82, 2.24) is 15.6 Å². The predicted octanol–water partition coefficient (Wildman–Crippen LogP) is 3.22. The lowest BCUT2D eigenvalue weighted by Gasteiger charge is -2.23. The van der Waals surface area contributed by atoms with E-state index in [1.165, 1.54) is 0 Å². The monoisotopic (exact) mass is 357 g/mol. The molecule has 0 spiro atoms. The van der Waals surface area contributed by atoms with E-state index in [4.69, 9.17) is 4.74 Å². The fraction of sp³-hybridized carbons (Fsp3) is 0.550. The van der Waals surface area contributed by atoms with E-state index in [9.17, 15) is 9.59 Å². The summed E-state index contributed by atoms with van der Waals surface area (Å²) < 4.78 is 5.39. The minimum absolute atomic E-state index is 0.0484. The average molecular weight is 357 g/mol. The molecule has 1 fully saturated rings. The highest BCUT2D eigenvalue weighted by Gasteiger charge is 2.44. The molecule has 2 aliphatic rings. The van der Waals surface area contributed by atoms with Crippen molar-refractivity contribution in [2.24, 2.45) is 5.92 Å². The van der Waals surface area contributed by atoms with Crippen LogP contribution in [-0.2, 0) is 9.53 Å². The molecule has 0 unspecified atom stereocenters. The quantitative estimate of drug-likeness (QED) is 0.756. The van der Waals surface area contributed by atoms with Crippen LogP contribution in [0.15, 0.2) is 30.5 Å². The van der Waals surface area contributed by atoms with Crippen LogP contribution in [0, 0.1) is 5.92 Å². The first-order valence-corrected chi connectivity index (χ1v) is 9.21. The Balaban J connectivity index is 1.81. The number of ether oxygens (including phenoxy) is 1. The molecule has 3 atom stereocenters. The molecular weight excluding hydrogens is 330 g/mol. The molecule has 2 amide bonds. The molecule has 2 N–H and O–H groups in total. The van der Waals surface area contributed by atoms with Gasteiger partial charge in [0.25, 0.3) is 0 Å². The summed E-state index contributed by atoms with van der Waals surface area (Å²) in [5, 5.41) is 5.93. The number of carbonyl (C=O) groups is 2. The van der Waals surface area contributed by atoms with Gasteiger partial charge in [0, 0.05) is 18.7 Å². The maximum absolute atomic E-state index is 12.2. The van der Waals surface area contributed by atoms with E-state index < -0.39 is 11.7 Å². The zero-order chi connectivity index (χ0) is 18.7. The second-order valence-corrected chi connectivity index (χ2v) is 7.95. The van der Waals surface area contributed by atoms with Crippen molar-refractivity contribution in [3.05, 3.63) is 41.7 Å². The molecule has 2 bridgehead atoms. The topological polar surface area (TPSA) is 80.3 Å². The first-order valence-electron chi connectivity index (χ1n) is 9.21. The molecule has 0 saturated heterocycles. The molecule has 0 aromatic carbocycles. The fourth-order valence-corrected chi connectivity index (χ4v) is 3.20. The smallest absolute Gasteiger partial charge is 0.408 e. The van der Waals surface area contributed by atoms with E-state index >= 15 is 0 Å². The van der Waals surface area contributed by atoms with Crippen molar-refractivity contribution in [2.75, 3.05) is 6.54 Å². The summed E-state index contributed by atoms with van der Waals surface area (Å²) >= 11 is 0. The summed E-state index contributed by atoms with van der Waals surface area (Å²) in [7, 11) is 0. The van der Waals surface area contributed by atoms with E-state index in [0.29, 0.717) is 13.0 Å². The number of aromatic nitrogens is 1. The number of rotatable bonds is 1. The number of amides is 2. The van der Waals surface area contributed by atoms with E-state index in [2.05, 4.69) is 15.6 Å². The molecule has 0 radical (unpaired) electrons. The van der Waals surface area contributed by atoms with Crippen LogP contribution in [-0.4, -0.2) is 29.1 Å². The number of hydrogen-bond acceptors (Lipinski definition) is 4. The third-order valence-corrected chi connectivity index (χ3v) is 4.56. The summed E-state index contributed by atoms with van der Waals surface area (Å²) in [6.45, 7) is 6.16. The van der Waals surface area contributed by atoms with E-state index in [0.717, 1.165) is 24.1 Å². The van der Waals surface area contributed by atoms with Crippen molar-refractivity contribution in [1.29, 1.82) is 0 Å². The van der Waals surface area contributed by atoms with Crippen LogP contribution in [0.1, 0.15) is 63.3 Å². The predicted molar refractivity (Wildman–Crippen MR) is 98.6 cm³/mol. The first kappa shape index (κ1) is 18.4. The van der Waals surface area contributed by atoms with Crippen LogP contribution in [0.4, 0.5) is 4.79 Å². The fourth-order valence-electron chi connectivity index (χ4n) is 3.20. The van der Waals surface area contributed by atoms with Crippen molar-refractivity contribution in [3.63, 3.8) is 0 Å². The molecule has 1 saturated carbocycles. The van der Waals surface area contributed by atoms with Gasteiger partial charge in [-0.1, -0.05) is 12.2 Å². The van der Waals surface area contributed by atoms with Gasteiger partial charge in [0.1, 0.15) is 5.60 Å². The molecule has 6 nitrogen and oxygen atoms in total. The molecule has 6 heteroatoms. The van der Waals surface area contributed by atoms with Gasteiger partial charge in [-0.2, -0.15) is 0 Å². The zero-order valence-corrected chi connectivity index (χ0v) is 15.6. The van der Waals surface area contributed by atoms with E-state index in [1.807, 2.05) is 45.1 Å². The maximum Gasteiger partial charge on any atom is 0.408 e. The second-order valence-electron chi connectivity index (χ2n) is 7.95. The zero-order valence-electron chi connectivity index (χ0n) is 15.6. The van der Waals surface area contributed by atoms with Gasteiger partial charge >= 0.3 is 6.09 Å². The van der Waals surface area contributed by atoms with Gasteiger partial charge in [-0.05, 0) is 63.6 Å². The summed E-state index contributed by atoms with van der Waals surface area (Å²) in [5.74, 6) is 0.421.